The smallest absolute Gasteiger partial charge is 0.337 e. The molecule has 0 radical (unpaired) electrons. The average molecular weight is 333 g/mol. The molecule has 1 N–H and O–H groups in total. The van der Waals surface area contributed by atoms with Gasteiger partial charge in [0.15, 0.2) is 0 Å². The first-order valence-electron chi connectivity index (χ1n) is 6.38. The van der Waals surface area contributed by atoms with E-state index >= 15 is 0 Å². The van der Waals surface area contributed by atoms with E-state index in [1.807, 2.05) is 0 Å². The van der Waals surface area contributed by atoms with Gasteiger partial charge in [0.1, 0.15) is 0 Å². The normalized spacial score (nSPS) is 10.6. The second kappa shape index (κ2) is 5.83. The van der Waals surface area contributed by atoms with Gasteiger partial charge in [0.2, 0.25) is 0 Å². The molecule has 0 bridgehead atoms. The molecule has 22 heavy (non-hydrogen) atoms. The van der Waals surface area contributed by atoms with Crippen molar-refractivity contribution in [2.75, 3.05) is 0 Å². The van der Waals surface area contributed by atoms with E-state index in [9.17, 15) is 9.90 Å². The summed E-state index contributed by atoms with van der Waals surface area (Å²) in [5, 5.41) is 10.3. The van der Waals surface area contributed by atoms with Crippen molar-refractivity contribution in [3.05, 3.63) is 70.6 Å². The Kier molecular flexibility index (Phi) is 3.88. The van der Waals surface area contributed by atoms with Crippen LogP contribution >= 0.6 is 23.2 Å². The molecule has 110 valence electrons. The second-order valence-corrected chi connectivity index (χ2v) is 5.46. The Bertz CT molecular complexity index is 859. The molecule has 0 aliphatic rings. The van der Waals surface area contributed by atoms with Crippen LogP contribution in [-0.2, 0) is 0 Å². The maximum atomic E-state index is 11.3. The van der Waals surface area contributed by atoms with Crippen LogP contribution < -0.4 is 0 Å². The number of imidazole rings is 1. The average Bonchev–Trinajstić information content (AvgIpc) is 2.96. The van der Waals surface area contributed by atoms with Crippen molar-refractivity contribution in [1.29, 1.82) is 0 Å². The van der Waals surface area contributed by atoms with E-state index in [2.05, 4.69) is 4.98 Å². The Morgan fingerprint density at radius 3 is 2.64 bits per heavy atom. The molecular formula is C16H10Cl2N2O2. The fourth-order valence-electron chi connectivity index (χ4n) is 2.17. The number of benzene rings is 2. The lowest BCUT2D eigenvalue weighted by Gasteiger charge is -2.06. The zero-order valence-electron chi connectivity index (χ0n) is 11.2. The SMILES string of the molecule is O=C(O)c1ccccc1-n1cnc(-c2ccc(Cl)cc2Cl)c1. The van der Waals surface area contributed by atoms with Crippen molar-refractivity contribution < 1.29 is 9.90 Å². The van der Waals surface area contributed by atoms with Gasteiger partial charge < -0.3 is 9.67 Å². The second-order valence-electron chi connectivity index (χ2n) is 4.61. The van der Waals surface area contributed by atoms with E-state index in [0.29, 0.717) is 21.4 Å². The third kappa shape index (κ3) is 2.71. The molecule has 2 aromatic carbocycles. The monoisotopic (exact) mass is 332 g/mol. The Labute approximate surface area is 136 Å². The van der Waals surface area contributed by atoms with Crippen LogP contribution in [0, 0.1) is 0 Å². The van der Waals surface area contributed by atoms with Gasteiger partial charge >= 0.3 is 5.97 Å². The summed E-state index contributed by atoms with van der Waals surface area (Å²) in [4.78, 5) is 15.6. The zero-order chi connectivity index (χ0) is 15.7. The number of hydrogen-bond acceptors (Lipinski definition) is 2. The molecule has 3 aromatic rings. The van der Waals surface area contributed by atoms with Gasteiger partial charge in [0, 0.05) is 16.8 Å². The molecule has 4 nitrogen and oxygen atoms in total. The fourth-order valence-corrected chi connectivity index (χ4v) is 2.68. The molecule has 0 aliphatic carbocycles. The molecule has 6 heteroatoms. The van der Waals surface area contributed by atoms with E-state index in [0.717, 1.165) is 5.56 Å². The molecule has 0 amide bonds. The number of halogens is 2. The molecular weight excluding hydrogens is 323 g/mol. The first-order chi connectivity index (χ1) is 10.6. The summed E-state index contributed by atoms with van der Waals surface area (Å²) < 4.78 is 1.66. The lowest BCUT2D eigenvalue weighted by atomic mass is 10.1. The summed E-state index contributed by atoms with van der Waals surface area (Å²) in [7, 11) is 0. The Morgan fingerprint density at radius 2 is 1.91 bits per heavy atom. The van der Waals surface area contributed by atoms with Crippen LogP contribution in [0.5, 0.6) is 0 Å². The number of carbonyl (C=O) groups is 1. The molecule has 0 saturated heterocycles. The molecule has 0 atom stereocenters. The third-order valence-corrected chi connectivity index (χ3v) is 3.75. The first kappa shape index (κ1) is 14.6. The maximum Gasteiger partial charge on any atom is 0.337 e. The fraction of sp³-hybridized carbons (Fsp3) is 0. The van der Waals surface area contributed by atoms with Gasteiger partial charge in [-0.25, -0.2) is 9.78 Å². The molecule has 1 aromatic heterocycles. The summed E-state index contributed by atoms with van der Waals surface area (Å²) in [6.45, 7) is 0. The first-order valence-corrected chi connectivity index (χ1v) is 7.14. The van der Waals surface area contributed by atoms with Crippen molar-refractivity contribution in [3.63, 3.8) is 0 Å². The summed E-state index contributed by atoms with van der Waals surface area (Å²) in [5.41, 5.74) is 2.12. The van der Waals surface area contributed by atoms with Crippen LogP contribution in [0.25, 0.3) is 16.9 Å². The van der Waals surface area contributed by atoms with Gasteiger partial charge in [-0.2, -0.15) is 0 Å². The van der Waals surface area contributed by atoms with Crippen molar-refractivity contribution >= 4 is 29.2 Å². The zero-order valence-corrected chi connectivity index (χ0v) is 12.7. The summed E-state index contributed by atoms with van der Waals surface area (Å²) in [5.74, 6) is -0.990. The van der Waals surface area contributed by atoms with Crippen molar-refractivity contribution in [1.82, 2.24) is 9.55 Å². The van der Waals surface area contributed by atoms with Gasteiger partial charge in [-0.05, 0) is 30.3 Å². The predicted octanol–water partition coefficient (Wildman–Crippen LogP) is 4.54. The highest BCUT2D eigenvalue weighted by molar-refractivity contribution is 6.36. The number of aromatic nitrogens is 2. The Balaban J connectivity index is 2.07. The highest BCUT2D eigenvalue weighted by Crippen LogP contribution is 2.29. The van der Waals surface area contributed by atoms with Crippen LogP contribution in [0.1, 0.15) is 10.4 Å². The summed E-state index contributed by atoms with van der Waals surface area (Å²) in [6, 6.07) is 11.9. The minimum absolute atomic E-state index is 0.202. The van der Waals surface area contributed by atoms with Gasteiger partial charge in [-0.1, -0.05) is 35.3 Å². The van der Waals surface area contributed by atoms with Crippen LogP contribution in [0.3, 0.4) is 0 Å². The molecule has 0 fully saturated rings. The van der Waals surface area contributed by atoms with E-state index in [1.54, 1.807) is 59.6 Å². The number of carboxylic acids is 1. The van der Waals surface area contributed by atoms with E-state index < -0.39 is 5.97 Å². The lowest BCUT2D eigenvalue weighted by Crippen LogP contribution is -2.03. The molecule has 0 spiro atoms. The largest absolute Gasteiger partial charge is 0.478 e. The van der Waals surface area contributed by atoms with E-state index in [1.165, 1.54) is 0 Å². The lowest BCUT2D eigenvalue weighted by molar-refractivity contribution is 0.0697. The predicted molar refractivity (Wildman–Crippen MR) is 86.0 cm³/mol. The number of hydrogen-bond donors (Lipinski definition) is 1. The van der Waals surface area contributed by atoms with Gasteiger partial charge in [-0.3, -0.25) is 0 Å². The quantitative estimate of drug-likeness (QED) is 0.765. The number of carboxylic acid groups (broad SMARTS) is 1. The van der Waals surface area contributed by atoms with Crippen LogP contribution in [0.15, 0.2) is 55.0 Å². The highest BCUT2D eigenvalue weighted by Gasteiger charge is 2.13. The van der Waals surface area contributed by atoms with Crippen LogP contribution in [0.4, 0.5) is 0 Å². The Morgan fingerprint density at radius 1 is 1.14 bits per heavy atom. The highest BCUT2D eigenvalue weighted by atomic mass is 35.5. The maximum absolute atomic E-state index is 11.3. The number of para-hydroxylation sites is 1. The summed E-state index contributed by atoms with van der Waals surface area (Å²) >= 11 is 12.1. The van der Waals surface area contributed by atoms with Crippen LogP contribution in [0.2, 0.25) is 10.0 Å². The molecule has 0 unspecified atom stereocenters. The molecule has 1 heterocycles. The van der Waals surface area contributed by atoms with Gasteiger partial charge in [0.05, 0.1) is 28.3 Å². The Hall–Kier alpha value is -2.30. The molecule has 0 saturated carbocycles. The minimum Gasteiger partial charge on any atom is -0.478 e. The number of nitrogens with zero attached hydrogens (tertiary/aromatic N) is 2. The van der Waals surface area contributed by atoms with Crippen molar-refractivity contribution in [3.8, 4) is 16.9 Å². The molecule has 3 rings (SSSR count). The van der Waals surface area contributed by atoms with Crippen molar-refractivity contribution in [2.24, 2.45) is 0 Å². The third-order valence-electron chi connectivity index (χ3n) is 3.20. The van der Waals surface area contributed by atoms with E-state index in [-0.39, 0.29) is 5.56 Å². The van der Waals surface area contributed by atoms with Gasteiger partial charge in [0.25, 0.3) is 0 Å². The summed E-state index contributed by atoms with van der Waals surface area (Å²) in [6.07, 6.45) is 3.29. The number of aromatic carboxylic acids is 1. The van der Waals surface area contributed by atoms with Gasteiger partial charge in [-0.15, -0.1) is 0 Å². The molecule has 0 aliphatic heterocycles. The van der Waals surface area contributed by atoms with Crippen LogP contribution in [-0.4, -0.2) is 20.6 Å². The minimum atomic E-state index is -0.990. The number of rotatable bonds is 3. The standard InChI is InChI=1S/C16H10Cl2N2O2/c17-10-5-6-11(13(18)7-10)14-8-20(9-19-14)15-4-2-1-3-12(15)16(21)22/h1-9H,(H,21,22). The topological polar surface area (TPSA) is 55.1 Å². The van der Waals surface area contributed by atoms with Crippen molar-refractivity contribution in [2.45, 2.75) is 0 Å². The van der Waals surface area contributed by atoms with E-state index in [4.69, 9.17) is 23.2 Å².